The van der Waals surface area contributed by atoms with Gasteiger partial charge in [-0.3, -0.25) is 4.98 Å². The second-order valence-electron chi connectivity index (χ2n) is 7.55. The van der Waals surface area contributed by atoms with Gasteiger partial charge in [-0.1, -0.05) is 0 Å². The first-order valence-corrected chi connectivity index (χ1v) is 10.00. The van der Waals surface area contributed by atoms with Gasteiger partial charge in [-0.05, 0) is 46.6 Å². The molecule has 25 heavy (non-hydrogen) atoms. The molecular formula is C16H25BN2O5S. The Hall–Kier alpha value is -0.995. The van der Waals surface area contributed by atoms with Gasteiger partial charge in [0.15, 0.2) is 0 Å². The molecule has 2 fully saturated rings. The zero-order valence-electron chi connectivity index (χ0n) is 15.1. The molecule has 2 saturated heterocycles. The molecule has 0 radical (unpaired) electrons. The van der Waals surface area contributed by atoms with E-state index in [-0.39, 0.29) is 10.9 Å². The minimum atomic E-state index is -3.65. The monoisotopic (exact) mass is 368 g/mol. The highest BCUT2D eigenvalue weighted by molar-refractivity contribution is 7.89. The van der Waals surface area contributed by atoms with E-state index >= 15 is 0 Å². The van der Waals surface area contributed by atoms with Gasteiger partial charge in [0, 0.05) is 37.1 Å². The van der Waals surface area contributed by atoms with Crippen molar-refractivity contribution in [1.29, 1.82) is 0 Å². The fourth-order valence-electron chi connectivity index (χ4n) is 2.79. The fraction of sp³-hybridized carbons (Fsp3) is 0.688. The van der Waals surface area contributed by atoms with Crippen LogP contribution in [0.1, 0.15) is 40.5 Å². The van der Waals surface area contributed by atoms with E-state index in [1.54, 1.807) is 12.3 Å². The molecule has 2 aliphatic rings. The summed E-state index contributed by atoms with van der Waals surface area (Å²) in [5.74, 6) is 0. The first-order chi connectivity index (χ1) is 11.6. The maximum Gasteiger partial charge on any atom is 0.496 e. The molecule has 0 aromatic carbocycles. The number of rotatable bonds is 4. The van der Waals surface area contributed by atoms with Gasteiger partial charge in [0.1, 0.15) is 0 Å². The van der Waals surface area contributed by atoms with Crippen LogP contribution in [0.25, 0.3) is 0 Å². The van der Waals surface area contributed by atoms with Crippen LogP contribution in [0.4, 0.5) is 0 Å². The topological polar surface area (TPSA) is 86.8 Å². The number of ether oxygens (including phenoxy) is 1. The van der Waals surface area contributed by atoms with Crippen LogP contribution in [0.3, 0.4) is 0 Å². The summed E-state index contributed by atoms with van der Waals surface area (Å²) in [7, 11) is -4.29. The van der Waals surface area contributed by atoms with E-state index in [0.29, 0.717) is 31.5 Å². The third-order valence-corrected chi connectivity index (χ3v) is 6.60. The lowest BCUT2D eigenvalue weighted by molar-refractivity contribution is 0.00578. The number of hydrogen-bond acceptors (Lipinski definition) is 6. The van der Waals surface area contributed by atoms with Crippen molar-refractivity contribution in [2.75, 3.05) is 13.2 Å². The summed E-state index contributed by atoms with van der Waals surface area (Å²) in [6, 6.07) is 1.45. The van der Waals surface area contributed by atoms with Crippen molar-refractivity contribution < 1.29 is 22.5 Å². The summed E-state index contributed by atoms with van der Waals surface area (Å²) >= 11 is 0. The van der Waals surface area contributed by atoms with E-state index in [1.807, 2.05) is 27.7 Å². The van der Waals surface area contributed by atoms with Gasteiger partial charge in [-0.25, -0.2) is 13.1 Å². The first-order valence-electron chi connectivity index (χ1n) is 8.51. The van der Waals surface area contributed by atoms with Crippen LogP contribution in [0.2, 0.25) is 0 Å². The Morgan fingerprint density at radius 2 is 1.72 bits per heavy atom. The van der Waals surface area contributed by atoms with Crippen LogP contribution in [-0.4, -0.2) is 51.0 Å². The lowest BCUT2D eigenvalue weighted by atomic mass is 9.80. The maximum atomic E-state index is 12.6. The molecule has 1 aromatic rings. The van der Waals surface area contributed by atoms with Gasteiger partial charge in [0.05, 0.1) is 16.1 Å². The van der Waals surface area contributed by atoms with Crippen molar-refractivity contribution >= 4 is 22.6 Å². The summed E-state index contributed by atoms with van der Waals surface area (Å²) in [4.78, 5) is 4.20. The molecule has 138 valence electrons. The molecule has 7 nitrogen and oxygen atoms in total. The Labute approximate surface area is 149 Å². The van der Waals surface area contributed by atoms with Crippen molar-refractivity contribution in [3.8, 4) is 0 Å². The molecule has 1 aromatic heterocycles. The van der Waals surface area contributed by atoms with Crippen molar-refractivity contribution in [1.82, 2.24) is 9.71 Å². The summed E-state index contributed by atoms with van der Waals surface area (Å²) in [6.07, 6.45) is 4.26. The SMILES string of the molecule is CC1(C)OB(c2cncc(S(=O)(=O)NC3CCOCC3)c2)OC1(C)C. The van der Waals surface area contributed by atoms with E-state index in [9.17, 15) is 8.42 Å². The Kier molecular flexibility index (Phi) is 4.98. The number of nitrogens with zero attached hydrogens (tertiary/aromatic N) is 1. The number of hydrogen-bond donors (Lipinski definition) is 1. The summed E-state index contributed by atoms with van der Waals surface area (Å²) in [5, 5.41) is 0. The third kappa shape index (κ3) is 3.90. The molecule has 0 unspecified atom stereocenters. The van der Waals surface area contributed by atoms with Gasteiger partial charge in [-0.15, -0.1) is 0 Å². The minimum Gasteiger partial charge on any atom is -0.399 e. The summed E-state index contributed by atoms with van der Waals surface area (Å²) < 4.78 is 45.2. The highest BCUT2D eigenvalue weighted by Gasteiger charge is 2.52. The van der Waals surface area contributed by atoms with E-state index in [1.165, 1.54) is 6.20 Å². The predicted octanol–water partition coefficient (Wildman–Crippen LogP) is 0.838. The lowest BCUT2D eigenvalue weighted by Crippen LogP contribution is -2.41. The third-order valence-electron chi connectivity index (χ3n) is 5.11. The molecule has 0 saturated carbocycles. The largest absolute Gasteiger partial charge is 0.496 e. The molecule has 0 bridgehead atoms. The van der Waals surface area contributed by atoms with Crippen molar-refractivity contribution in [2.45, 2.75) is 62.7 Å². The number of sulfonamides is 1. The van der Waals surface area contributed by atoms with Crippen LogP contribution in [0.5, 0.6) is 0 Å². The molecule has 0 atom stereocenters. The summed E-state index contributed by atoms with van der Waals surface area (Å²) in [6.45, 7) is 8.95. The number of pyridine rings is 1. The normalized spacial score (nSPS) is 23.8. The zero-order valence-corrected chi connectivity index (χ0v) is 15.9. The quantitative estimate of drug-likeness (QED) is 0.793. The van der Waals surface area contributed by atoms with Crippen LogP contribution in [-0.2, 0) is 24.1 Å². The highest BCUT2D eigenvalue weighted by Crippen LogP contribution is 2.36. The highest BCUT2D eigenvalue weighted by atomic mass is 32.2. The molecule has 3 rings (SSSR count). The molecule has 0 amide bonds. The predicted molar refractivity (Wildman–Crippen MR) is 94.1 cm³/mol. The van der Waals surface area contributed by atoms with E-state index < -0.39 is 28.3 Å². The molecule has 9 heteroatoms. The van der Waals surface area contributed by atoms with Crippen molar-refractivity contribution in [3.63, 3.8) is 0 Å². The molecule has 2 aliphatic heterocycles. The minimum absolute atomic E-state index is 0.112. The van der Waals surface area contributed by atoms with Crippen molar-refractivity contribution in [3.05, 3.63) is 18.5 Å². The van der Waals surface area contributed by atoms with E-state index in [0.717, 1.165) is 0 Å². The Bertz CT molecular complexity index is 716. The maximum absolute atomic E-state index is 12.6. The summed E-state index contributed by atoms with van der Waals surface area (Å²) in [5.41, 5.74) is -0.395. The van der Waals surface area contributed by atoms with Gasteiger partial charge in [-0.2, -0.15) is 0 Å². The molecule has 0 spiro atoms. The van der Waals surface area contributed by atoms with Crippen molar-refractivity contribution in [2.24, 2.45) is 0 Å². The average molecular weight is 368 g/mol. The van der Waals surface area contributed by atoms with Crippen LogP contribution in [0, 0.1) is 0 Å². The van der Waals surface area contributed by atoms with Crippen LogP contribution >= 0.6 is 0 Å². The lowest BCUT2D eigenvalue weighted by Gasteiger charge is -2.32. The Morgan fingerprint density at radius 1 is 1.12 bits per heavy atom. The first kappa shape index (κ1) is 18.8. The Balaban J connectivity index is 1.80. The second kappa shape index (κ2) is 6.63. The van der Waals surface area contributed by atoms with Gasteiger partial charge in [0.2, 0.25) is 10.0 Å². The number of nitrogens with one attached hydrogen (secondary N) is 1. The van der Waals surface area contributed by atoms with Crippen LogP contribution < -0.4 is 10.2 Å². The van der Waals surface area contributed by atoms with Gasteiger partial charge in [0.25, 0.3) is 0 Å². The molecule has 0 aliphatic carbocycles. The Morgan fingerprint density at radius 3 is 2.32 bits per heavy atom. The molecule has 3 heterocycles. The molecule has 1 N–H and O–H groups in total. The smallest absolute Gasteiger partial charge is 0.399 e. The number of aromatic nitrogens is 1. The van der Waals surface area contributed by atoms with Gasteiger partial charge >= 0.3 is 7.12 Å². The van der Waals surface area contributed by atoms with E-state index in [4.69, 9.17) is 14.0 Å². The van der Waals surface area contributed by atoms with E-state index in [2.05, 4.69) is 9.71 Å². The second-order valence-corrected chi connectivity index (χ2v) is 9.26. The standard InChI is InChI=1S/C16H25BN2O5S/c1-15(2)16(3,4)24-17(23-15)12-9-14(11-18-10-12)25(20,21)19-13-5-7-22-8-6-13/h9-11,13,19H,5-8H2,1-4H3. The fourth-order valence-corrected chi connectivity index (χ4v) is 4.09. The van der Waals surface area contributed by atoms with Crippen LogP contribution in [0.15, 0.2) is 23.4 Å². The van der Waals surface area contributed by atoms with Gasteiger partial charge < -0.3 is 14.0 Å². The molecular weight excluding hydrogens is 343 g/mol. The average Bonchev–Trinajstić information content (AvgIpc) is 2.76. The zero-order chi connectivity index (χ0) is 18.3.